The molecule has 0 amide bonds. The molecule has 0 N–H and O–H groups in total. The molecule has 6 heteroatoms. The summed E-state index contributed by atoms with van der Waals surface area (Å²) in [5.41, 5.74) is 9.77. The summed E-state index contributed by atoms with van der Waals surface area (Å²) in [6, 6.07) is 60.9. The average molecular weight is 759 g/mol. The first-order valence-electron chi connectivity index (χ1n) is 20.6. The molecule has 0 radical (unpaired) electrons. The summed E-state index contributed by atoms with van der Waals surface area (Å²) in [6.45, 7) is 0. The molecule has 2 atom stereocenters. The quantitative estimate of drug-likeness (QED) is 0.154. The molecule has 3 aliphatic carbocycles. The smallest absolute Gasteiger partial charge is 0.164 e. The zero-order chi connectivity index (χ0) is 38.9. The highest BCUT2D eigenvalue weighted by molar-refractivity contribution is 6.04. The van der Waals surface area contributed by atoms with E-state index in [0.29, 0.717) is 40.4 Å². The maximum Gasteiger partial charge on any atom is 0.164 e. The van der Waals surface area contributed by atoms with Gasteiger partial charge in [-0.1, -0.05) is 158 Å². The molecule has 3 fully saturated rings. The number of nitrogens with zero attached hydrogens (tertiary/aromatic N) is 6. The van der Waals surface area contributed by atoms with Gasteiger partial charge in [0.15, 0.2) is 34.9 Å². The Morgan fingerprint density at radius 3 is 1.27 bits per heavy atom. The molecule has 0 saturated heterocycles. The second-order valence-electron chi connectivity index (χ2n) is 16.4. The third kappa shape index (κ3) is 5.62. The predicted octanol–water partition coefficient (Wildman–Crippen LogP) is 12.2. The summed E-state index contributed by atoms with van der Waals surface area (Å²) in [5.74, 6) is 6.70. The highest BCUT2D eigenvalue weighted by Gasteiger charge is 2.71. The van der Waals surface area contributed by atoms with E-state index < -0.39 is 0 Å². The van der Waals surface area contributed by atoms with E-state index in [-0.39, 0.29) is 0 Å². The van der Waals surface area contributed by atoms with E-state index in [0.717, 1.165) is 73.0 Å². The van der Waals surface area contributed by atoms with E-state index in [1.165, 1.54) is 24.8 Å². The molecule has 7 aromatic carbocycles. The van der Waals surface area contributed by atoms with E-state index in [2.05, 4.69) is 97.1 Å². The first-order valence-corrected chi connectivity index (χ1v) is 20.6. The predicted molar refractivity (Wildman–Crippen MR) is 235 cm³/mol. The van der Waals surface area contributed by atoms with Gasteiger partial charge >= 0.3 is 0 Å². The molecule has 12 rings (SSSR count). The number of rotatable bonds is 8. The Hall–Kier alpha value is -7.18. The monoisotopic (exact) mass is 758 g/mol. The highest BCUT2D eigenvalue weighted by atomic mass is 15.0. The zero-order valence-electron chi connectivity index (χ0n) is 32.3. The zero-order valence-corrected chi connectivity index (χ0v) is 32.3. The van der Waals surface area contributed by atoms with Gasteiger partial charge in [-0.25, -0.2) is 29.9 Å². The van der Waals surface area contributed by atoms with Crippen molar-refractivity contribution in [2.24, 2.45) is 17.8 Å². The minimum atomic E-state index is 0.367. The Morgan fingerprint density at radius 2 is 0.746 bits per heavy atom. The van der Waals surface area contributed by atoms with Crippen LogP contribution in [-0.4, -0.2) is 29.9 Å². The highest BCUT2D eigenvalue weighted by Crippen LogP contribution is 2.77. The largest absolute Gasteiger partial charge is 0.208 e. The summed E-state index contributed by atoms with van der Waals surface area (Å²) in [4.78, 5) is 30.5. The third-order valence-corrected chi connectivity index (χ3v) is 13.2. The fourth-order valence-electron chi connectivity index (χ4n) is 10.4. The SMILES string of the molecule is c1ccc(-c2nc(-c3cccc(-c4ccc(-c5nc(-c6ccccc6)nc(-c6ccccc6)n5)c5ccccc45)c3)nc(-c3cccc(C45CC6CC(C4)C65)c3)n2)cc1. The van der Waals surface area contributed by atoms with Crippen molar-refractivity contribution in [2.45, 2.75) is 24.7 Å². The second-order valence-corrected chi connectivity index (χ2v) is 16.4. The molecule has 2 heterocycles. The van der Waals surface area contributed by atoms with Gasteiger partial charge in [-0.15, -0.1) is 0 Å². The van der Waals surface area contributed by atoms with Crippen molar-refractivity contribution in [3.05, 3.63) is 181 Å². The summed E-state index contributed by atoms with van der Waals surface area (Å²) >= 11 is 0. The molecule has 6 nitrogen and oxygen atoms in total. The summed E-state index contributed by atoms with van der Waals surface area (Å²) in [6.07, 6.45) is 4.10. The van der Waals surface area contributed by atoms with Crippen LogP contribution in [0.4, 0.5) is 0 Å². The van der Waals surface area contributed by atoms with Crippen molar-refractivity contribution in [1.29, 1.82) is 0 Å². The Morgan fingerprint density at radius 1 is 0.339 bits per heavy atom. The number of hydrogen-bond donors (Lipinski definition) is 0. The standard InChI is InChI=1S/C53H38N6/c1-4-14-33(15-5-1)47-55-50(57-51(56-47)38-22-13-23-41(30-38)53-31-39-29-40(32-53)46(39)53)37-21-12-20-36(28-37)42-26-27-45(44-25-11-10-24-43(42)44)52-58-48(34-16-6-2-7-17-34)54-49(59-52)35-18-8-3-9-19-35/h1-28,30,39-40,46H,29,31-32H2. The molecule has 59 heavy (non-hydrogen) atoms. The van der Waals surface area contributed by atoms with Crippen LogP contribution in [0.15, 0.2) is 176 Å². The van der Waals surface area contributed by atoms with Gasteiger partial charge in [0.2, 0.25) is 0 Å². The van der Waals surface area contributed by atoms with Gasteiger partial charge in [0.25, 0.3) is 0 Å². The van der Waals surface area contributed by atoms with Crippen LogP contribution in [0, 0.1) is 17.8 Å². The van der Waals surface area contributed by atoms with Crippen LogP contribution < -0.4 is 0 Å². The number of benzene rings is 7. The van der Waals surface area contributed by atoms with E-state index in [1.54, 1.807) is 0 Å². The van der Waals surface area contributed by atoms with Crippen molar-refractivity contribution >= 4 is 10.8 Å². The van der Waals surface area contributed by atoms with Crippen LogP contribution in [0.25, 0.3) is 90.2 Å². The summed E-state index contributed by atoms with van der Waals surface area (Å²) < 4.78 is 0. The molecule has 3 aliphatic rings. The lowest BCUT2D eigenvalue weighted by atomic mass is 9.28. The van der Waals surface area contributed by atoms with E-state index in [4.69, 9.17) is 29.9 Å². The van der Waals surface area contributed by atoms with Gasteiger partial charge in [0.1, 0.15) is 0 Å². The van der Waals surface area contributed by atoms with Crippen LogP contribution in [-0.2, 0) is 5.41 Å². The van der Waals surface area contributed by atoms with Crippen molar-refractivity contribution < 1.29 is 0 Å². The Bertz CT molecular complexity index is 2990. The molecule has 0 bridgehead atoms. The average Bonchev–Trinajstić information content (AvgIpc) is 3.31. The number of fused-ring (bicyclic) bond motifs is 1. The van der Waals surface area contributed by atoms with E-state index in [9.17, 15) is 0 Å². The van der Waals surface area contributed by atoms with Crippen molar-refractivity contribution in [3.8, 4) is 79.5 Å². The minimum Gasteiger partial charge on any atom is -0.208 e. The molecule has 2 aromatic heterocycles. The Kier molecular flexibility index (Phi) is 7.73. The second kappa shape index (κ2) is 13.5. The Balaban J connectivity index is 0.958. The molecule has 3 saturated carbocycles. The van der Waals surface area contributed by atoms with Crippen molar-refractivity contribution in [2.75, 3.05) is 0 Å². The third-order valence-electron chi connectivity index (χ3n) is 13.2. The van der Waals surface area contributed by atoms with E-state index >= 15 is 0 Å². The topological polar surface area (TPSA) is 77.3 Å². The first-order chi connectivity index (χ1) is 29.2. The fourth-order valence-corrected chi connectivity index (χ4v) is 10.4. The molecule has 280 valence electrons. The summed E-state index contributed by atoms with van der Waals surface area (Å²) in [5, 5.41) is 2.16. The molecule has 0 spiro atoms. The van der Waals surface area contributed by atoms with Gasteiger partial charge in [0, 0.05) is 33.4 Å². The van der Waals surface area contributed by atoms with Gasteiger partial charge in [-0.3, -0.25) is 0 Å². The fraction of sp³-hybridized carbons (Fsp3) is 0.132. The van der Waals surface area contributed by atoms with Crippen LogP contribution in [0.1, 0.15) is 24.8 Å². The van der Waals surface area contributed by atoms with Gasteiger partial charge < -0.3 is 0 Å². The first kappa shape index (κ1) is 33.9. The lowest BCUT2D eigenvalue weighted by molar-refractivity contribution is -0.219. The van der Waals surface area contributed by atoms with Crippen molar-refractivity contribution in [3.63, 3.8) is 0 Å². The summed E-state index contributed by atoms with van der Waals surface area (Å²) in [7, 11) is 0. The molecular weight excluding hydrogens is 721 g/mol. The van der Waals surface area contributed by atoms with Crippen LogP contribution >= 0.6 is 0 Å². The van der Waals surface area contributed by atoms with Crippen LogP contribution in [0.2, 0.25) is 0 Å². The number of hydrogen-bond acceptors (Lipinski definition) is 6. The van der Waals surface area contributed by atoms with Crippen LogP contribution in [0.3, 0.4) is 0 Å². The maximum absolute atomic E-state index is 5.20. The maximum atomic E-state index is 5.20. The van der Waals surface area contributed by atoms with Gasteiger partial charge in [-0.05, 0) is 88.1 Å². The lowest BCUT2D eigenvalue weighted by Crippen LogP contribution is -2.71. The Labute approximate surface area is 342 Å². The van der Waals surface area contributed by atoms with Gasteiger partial charge in [-0.2, -0.15) is 0 Å². The van der Waals surface area contributed by atoms with Gasteiger partial charge in [0.05, 0.1) is 0 Å². The lowest BCUT2D eigenvalue weighted by Gasteiger charge is -2.76. The minimum absolute atomic E-state index is 0.367. The van der Waals surface area contributed by atoms with E-state index in [1.807, 2.05) is 78.9 Å². The van der Waals surface area contributed by atoms with Crippen LogP contribution in [0.5, 0.6) is 0 Å². The normalized spacial score (nSPS) is 19.9. The van der Waals surface area contributed by atoms with Crippen molar-refractivity contribution in [1.82, 2.24) is 29.9 Å². The molecule has 9 aromatic rings. The number of aromatic nitrogens is 6. The molecule has 0 aliphatic heterocycles. The molecule has 2 unspecified atom stereocenters. The molecular formula is C53H38N6.